The van der Waals surface area contributed by atoms with Crippen LogP contribution in [0.2, 0.25) is 0 Å². The first-order valence-electron chi connectivity index (χ1n) is 7.43. The molecular weight excluding hydrogens is 387 g/mol. The fourth-order valence-corrected chi connectivity index (χ4v) is 1.84. The van der Waals surface area contributed by atoms with Crippen molar-refractivity contribution in [2.24, 2.45) is 5.92 Å². The van der Waals surface area contributed by atoms with Gasteiger partial charge in [-0.25, -0.2) is 0 Å². The number of hydrogen-bond donors (Lipinski definition) is 2. The highest BCUT2D eigenvalue weighted by Crippen LogP contribution is 1.97. The molecule has 0 saturated carbocycles. The summed E-state index contributed by atoms with van der Waals surface area (Å²) in [6, 6.07) is 0. The third-order valence-corrected chi connectivity index (χ3v) is 2.96. The molecule has 0 heterocycles. The number of amides is 1. The molecule has 0 aromatic rings. The maximum absolute atomic E-state index is 11.3. The molecule has 0 aromatic carbocycles. The normalized spacial score (nSPS) is 11.0. The summed E-state index contributed by atoms with van der Waals surface area (Å²) in [5.74, 6) is 0.470. The second-order valence-electron chi connectivity index (χ2n) is 4.92. The van der Waals surface area contributed by atoms with Crippen LogP contribution in [0, 0.1) is 5.92 Å². The smallest absolute Gasteiger partial charge is 0.220 e. The van der Waals surface area contributed by atoms with Crippen LogP contribution in [0.3, 0.4) is 0 Å². The molecule has 0 rings (SSSR count). The van der Waals surface area contributed by atoms with Gasteiger partial charge in [-0.05, 0) is 5.92 Å². The van der Waals surface area contributed by atoms with Gasteiger partial charge in [-0.15, -0.1) is 0 Å². The summed E-state index contributed by atoms with van der Waals surface area (Å²) in [5.41, 5.74) is 0. The number of rotatable bonds is 15. The van der Waals surface area contributed by atoms with Crippen LogP contribution in [0.5, 0.6) is 0 Å². The number of halogens is 1. The van der Waals surface area contributed by atoms with Gasteiger partial charge in [0, 0.05) is 24.1 Å². The van der Waals surface area contributed by atoms with E-state index in [1.165, 1.54) is 0 Å². The highest BCUT2D eigenvalue weighted by Gasteiger charge is 2.03. The molecule has 0 bridgehead atoms. The van der Waals surface area contributed by atoms with E-state index in [0.29, 0.717) is 58.5 Å². The van der Waals surface area contributed by atoms with Crippen LogP contribution in [-0.2, 0) is 19.0 Å². The van der Waals surface area contributed by atoms with Crippen LogP contribution in [-0.4, -0.2) is 63.2 Å². The molecule has 7 heteroatoms. The topological polar surface area (TPSA) is 68.8 Å². The molecule has 21 heavy (non-hydrogen) atoms. The van der Waals surface area contributed by atoms with E-state index >= 15 is 0 Å². The summed E-state index contributed by atoms with van der Waals surface area (Å²) in [6.07, 6.45) is 0.566. The Morgan fingerprint density at radius 1 is 0.952 bits per heavy atom. The van der Waals surface area contributed by atoms with Gasteiger partial charge in [0.2, 0.25) is 5.91 Å². The molecule has 0 atom stereocenters. The second-order valence-corrected chi connectivity index (χ2v) is 5.68. The van der Waals surface area contributed by atoms with Crippen molar-refractivity contribution >= 4 is 28.5 Å². The summed E-state index contributed by atoms with van der Waals surface area (Å²) >= 11 is 2.26. The van der Waals surface area contributed by atoms with E-state index in [-0.39, 0.29) is 5.91 Å². The van der Waals surface area contributed by atoms with Gasteiger partial charge < -0.3 is 24.8 Å². The number of carbonyl (C=O) groups is 1. The van der Waals surface area contributed by atoms with Gasteiger partial charge >= 0.3 is 0 Å². The molecule has 0 radical (unpaired) electrons. The van der Waals surface area contributed by atoms with E-state index in [2.05, 4.69) is 33.2 Å². The van der Waals surface area contributed by atoms with E-state index in [4.69, 9.17) is 14.2 Å². The van der Waals surface area contributed by atoms with Crippen LogP contribution >= 0.6 is 22.6 Å². The van der Waals surface area contributed by atoms with Crippen molar-refractivity contribution < 1.29 is 19.0 Å². The molecule has 0 aliphatic carbocycles. The van der Waals surface area contributed by atoms with Crippen molar-refractivity contribution in [3.63, 3.8) is 0 Å². The standard InChI is InChI=1S/C14H29IN2O4/c1-13(2)11-14(18)17-4-6-20-8-10-21-9-7-19-5-3-16-12-15/h13,16H,3-12H2,1-2H3,(H,17,18). The SMILES string of the molecule is CC(C)CC(=O)NCCOCCOCCOCCNCI. The van der Waals surface area contributed by atoms with Crippen molar-refractivity contribution in [1.82, 2.24) is 10.6 Å². The van der Waals surface area contributed by atoms with Crippen molar-refractivity contribution in [3.8, 4) is 0 Å². The van der Waals surface area contributed by atoms with Crippen molar-refractivity contribution in [2.75, 3.05) is 57.3 Å². The van der Waals surface area contributed by atoms with Crippen LogP contribution in [0.15, 0.2) is 0 Å². The lowest BCUT2D eigenvalue weighted by Gasteiger charge is -2.08. The first kappa shape index (κ1) is 21.0. The predicted molar refractivity (Wildman–Crippen MR) is 91.8 cm³/mol. The fraction of sp³-hybridized carbons (Fsp3) is 0.929. The van der Waals surface area contributed by atoms with E-state index < -0.39 is 0 Å². The quantitative estimate of drug-likeness (QED) is 0.182. The first-order valence-corrected chi connectivity index (χ1v) is 8.96. The predicted octanol–water partition coefficient (Wildman–Crippen LogP) is 1.18. The zero-order valence-corrected chi connectivity index (χ0v) is 15.3. The first-order chi connectivity index (χ1) is 10.2. The van der Waals surface area contributed by atoms with Crippen LogP contribution < -0.4 is 10.6 Å². The molecule has 0 aliphatic rings. The molecule has 0 saturated heterocycles. The number of hydrogen-bond acceptors (Lipinski definition) is 5. The fourth-order valence-electron chi connectivity index (χ4n) is 1.46. The largest absolute Gasteiger partial charge is 0.378 e. The molecule has 0 fully saturated rings. The Kier molecular flexibility index (Phi) is 16.4. The molecule has 6 nitrogen and oxygen atoms in total. The Morgan fingerprint density at radius 2 is 1.48 bits per heavy atom. The Bertz CT molecular complexity index is 243. The lowest BCUT2D eigenvalue weighted by Crippen LogP contribution is -2.28. The van der Waals surface area contributed by atoms with Gasteiger partial charge in [0.05, 0.1) is 39.6 Å². The zero-order chi connectivity index (χ0) is 15.8. The van der Waals surface area contributed by atoms with Crippen molar-refractivity contribution in [3.05, 3.63) is 0 Å². The lowest BCUT2D eigenvalue weighted by atomic mass is 10.1. The summed E-state index contributed by atoms with van der Waals surface area (Å²) in [7, 11) is 0. The van der Waals surface area contributed by atoms with Crippen molar-refractivity contribution in [1.29, 1.82) is 0 Å². The van der Waals surface area contributed by atoms with E-state index in [9.17, 15) is 4.79 Å². The highest BCUT2D eigenvalue weighted by molar-refractivity contribution is 14.1. The molecule has 0 unspecified atom stereocenters. The zero-order valence-electron chi connectivity index (χ0n) is 13.2. The van der Waals surface area contributed by atoms with Gasteiger partial charge in [0.15, 0.2) is 0 Å². The molecule has 0 spiro atoms. The van der Waals surface area contributed by atoms with Gasteiger partial charge in [-0.2, -0.15) is 0 Å². The van der Waals surface area contributed by atoms with E-state index in [0.717, 1.165) is 11.1 Å². The third kappa shape index (κ3) is 18.0. The molecule has 126 valence electrons. The van der Waals surface area contributed by atoms with Gasteiger partial charge in [-0.1, -0.05) is 36.4 Å². The molecule has 1 amide bonds. The summed E-state index contributed by atoms with van der Waals surface area (Å²) in [5, 5.41) is 5.99. The Balaban J connectivity index is 3.07. The van der Waals surface area contributed by atoms with Crippen LogP contribution in [0.4, 0.5) is 0 Å². The van der Waals surface area contributed by atoms with Gasteiger partial charge in [0.1, 0.15) is 0 Å². The average molecular weight is 416 g/mol. The van der Waals surface area contributed by atoms with E-state index in [1.807, 2.05) is 13.8 Å². The molecule has 2 N–H and O–H groups in total. The molecule has 0 aliphatic heterocycles. The number of ether oxygens (including phenoxy) is 3. The summed E-state index contributed by atoms with van der Waals surface area (Å²) in [6.45, 7) is 8.98. The number of alkyl halides is 1. The molecular formula is C14H29IN2O4. The van der Waals surface area contributed by atoms with Gasteiger partial charge in [0.25, 0.3) is 0 Å². The third-order valence-electron chi connectivity index (χ3n) is 2.42. The van der Waals surface area contributed by atoms with E-state index in [1.54, 1.807) is 0 Å². The average Bonchev–Trinajstić information content (AvgIpc) is 2.43. The number of carbonyl (C=O) groups excluding carboxylic acids is 1. The van der Waals surface area contributed by atoms with Crippen LogP contribution in [0.1, 0.15) is 20.3 Å². The minimum atomic E-state index is 0.0825. The minimum absolute atomic E-state index is 0.0825. The number of nitrogens with one attached hydrogen (secondary N) is 2. The Labute approximate surface area is 141 Å². The maximum Gasteiger partial charge on any atom is 0.220 e. The monoisotopic (exact) mass is 416 g/mol. The Hall–Kier alpha value is 0.0400. The highest BCUT2D eigenvalue weighted by atomic mass is 127. The summed E-state index contributed by atoms with van der Waals surface area (Å²) in [4.78, 5) is 11.3. The van der Waals surface area contributed by atoms with Gasteiger partial charge in [-0.3, -0.25) is 4.79 Å². The summed E-state index contributed by atoms with van der Waals surface area (Å²) < 4.78 is 17.0. The van der Waals surface area contributed by atoms with Crippen LogP contribution in [0.25, 0.3) is 0 Å². The van der Waals surface area contributed by atoms with Crippen molar-refractivity contribution in [2.45, 2.75) is 20.3 Å². The molecule has 0 aromatic heterocycles. The Morgan fingerprint density at radius 3 is 2.00 bits per heavy atom. The lowest BCUT2D eigenvalue weighted by molar-refractivity contribution is -0.122. The minimum Gasteiger partial charge on any atom is -0.378 e. The second kappa shape index (κ2) is 16.4. The maximum atomic E-state index is 11.3.